The molecular weight excluding hydrogens is 230 g/mol. The van der Waals surface area contributed by atoms with E-state index in [-0.39, 0.29) is 6.04 Å². The average Bonchev–Trinajstić information content (AvgIpc) is 2.75. The van der Waals surface area contributed by atoms with Crippen LogP contribution >= 0.6 is 22.9 Å². The minimum atomic E-state index is -0.0163. The van der Waals surface area contributed by atoms with Gasteiger partial charge in [-0.25, -0.2) is 0 Å². The maximum absolute atomic E-state index is 6.05. The third-order valence-electron chi connectivity index (χ3n) is 2.16. The molecule has 0 aromatic carbocycles. The molecule has 80 valence electrons. The lowest BCUT2D eigenvalue weighted by atomic mass is 10.1. The number of hydrogen-bond acceptors (Lipinski definition) is 3. The number of nitrogens with two attached hydrogens (primary N) is 1. The molecule has 0 bridgehead atoms. The first-order valence-electron chi connectivity index (χ1n) is 4.64. The summed E-state index contributed by atoms with van der Waals surface area (Å²) in [5, 5.41) is 4.29. The normalized spacial score (nSPS) is 13.0. The summed E-state index contributed by atoms with van der Waals surface area (Å²) < 4.78 is 2.56. The van der Waals surface area contributed by atoms with Crippen molar-refractivity contribution >= 4 is 22.9 Å². The van der Waals surface area contributed by atoms with Crippen LogP contribution in [0.5, 0.6) is 0 Å². The molecule has 2 N–H and O–H groups in total. The molecule has 3 nitrogen and oxygen atoms in total. The highest BCUT2D eigenvalue weighted by molar-refractivity contribution is 7.16. The van der Waals surface area contributed by atoms with Crippen LogP contribution in [-0.4, -0.2) is 9.78 Å². The molecular formula is C10H12ClN3S. The quantitative estimate of drug-likeness (QED) is 0.897. The lowest BCUT2D eigenvalue weighted by Gasteiger charge is -2.06. The SMILES string of the molecule is Cn1ccc(CC(N)c2ccc(Cl)s2)n1. The highest BCUT2D eigenvalue weighted by Crippen LogP contribution is 2.27. The molecule has 2 aromatic heterocycles. The lowest BCUT2D eigenvalue weighted by molar-refractivity contribution is 0.683. The van der Waals surface area contributed by atoms with E-state index in [4.69, 9.17) is 17.3 Å². The van der Waals surface area contributed by atoms with E-state index < -0.39 is 0 Å². The Morgan fingerprint density at radius 3 is 2.87 bits per heavy atom. The fraction of sp³-hybridized carbons (Fsp3) is 0.300. The molecule has 0 aliphatic carbocycles. The zero-order valence-electron chi connectivity index (χ0n) is 8.35. The first-order chi connectivity index (χ1) is 7.15. The Bertz CT molecular complexity index is 449. The third kappa shape index (κ3) is 2.59. The Morgan fingerprint density at radius 1 is 1.53 bits per heavy atom. The Balaban J connectivity index is 2.06. The highest BCUT2D eigenvalue weighted by atomic mass is 35.5. The summed E-state index contributed by atoms with van der Waals surface area (Å²) in [4.78, 5) is 1.10. The molecule has 0 aliphatic heterocycles. The van der Waals surface area contributed by atoms with Crippen LogP contribution in [0.2, 0.25) is 4.34 Å². The fourth-order valence-electron chi connectivity index (χ4n) is 1.43. The zero-order chi connectivity index (χ0) is 10.8. The Labute approximate surface area is 97.5 Å². The van der Waals surface area contributed by atoms with Crippen LogP contribution in [-0.2, 0) is 13.5 Å². The van der Waals surface area contributed by atoms with Crippen molar-refractivity contribution < 1.29 is 0 Å². The number of rotatable bonds is 3. The van der Waals surface area contributed by atoms with Gasteiger partial charge in [0.15, 0.2) is 0 Å². The molecule has 2 rings (SSSR count). The van der Waals surface area contributed by atoms with Crippen LogP contribution in [0.4, 0.5) is 0 Å². The van der Waals surface area contributed by atoms with Crippen molar-refractivity contribution in [3.05, 3.63) is 39.3 Å². The van der Waals surface area contributed by atoms with E-state index in [2.05, 4.69) is 5.10 Å². The molecule has 0 radical (unpaired) electrons. The maximum Gasteiger partial charge on any atom is 0.0931 e. The molecule has 0 aliphatic rings. The monoisotopic (exact) mass is 241 g/mol. The predicted molar refractivity (Wildman–Crippen MR) is 63.2 cm³/mol. The van der Waals surface area contributed by atoms with Crippen molar-refractivity contribution in [2.45, 2.75) is 12.5 Å². The summed E-state index contributed by atoms with van der Waals surface area (Å²) in [6.45, 7) is 0. The topological polar surface area (TPSA) is 43.8 Å². The summed E-state index contributed by atoms with van der Waals surface area (Å²) >= 11 is 7.38. The van der Waals surface area contributed by atoms with Gasteiger partial charge in [0.05, 0.1) is 10.0 Å². The average molecular weight is 242 g/mol. The van der Waals surface area contributed by atoms with Crippen molar-refractivity contribution in [2.24, 2.45) is 12.8 Å². The predicted octanol–water partition coefficient (Wildman–Crippen LogP) is 2.38. The van der Waals surface area contributed by atoms with E-state index in [1.807, 2.05) is 31.4 Å². The maximum atomic E-state index is 6.05. The molecule has 0 saturated carbocycles. The van der Waals surface area contributed by atoms with Gasteiger partial charge in [0.2, 0.25) is 0 Å². The van der Waals surface area contributed by atoms with E-state index in [9.17, 15) is 0 Å². The molecule has 5 heteroatoms. The molecule has 0 fully saturated rings. The molecule has 0 amide bonds. The first-order valence-corrected chi connectivity index (χ1v) is 5.84. The molecule has 1 unspecified atom stereocenters. The van der Waals surface area contributed by atoms with Crippen molar-refractivity contribution in [3.63, 3.8) is 0 Å². The lowest BCUT2D eigenvalue weighted by Crippen LogP contribution is -2.12. The minimum absolute atomic E-state index is 0.0163. The second-order valence-electron chi connectivity index (χ2n) is 3.43. The second kappa shape index (κ2) is 4.35. The smallest absolute Gasteiger partial charge is 0.0931 e. The molecule has 2 aromatic rings. The number of aromatic nitrogens is 2. The number of nitrogens with zero attached hydrogens (tertiary/aromatic N) is 2. The summed E-state index contributed by atoms with van der Waals surface area (Å²) in [6, 6.07) is 5.81. The molecule has 0 saturated heterocycles. The summed E-state index contributed by atoms with van der Waals surface area (Å²) in [6.07, 6.45) is 2.67. The summed E-state index contributed by atoms with van der Waals surface area (Å²) in [7, 11) is 1.90. The van der Waals surface area contributed by atoms with Gasteiger partial charge in [-0.15, -0.1) is 11.3 Å². The molecule has 1 atom stereocenters. The van der Waals surface area contributed by atoms with Gasteiger partial charge in [-0.3, -0.25) is 4.68 Å². The van der Waals surface area contributed by atoms with E-state index in [0.717, 1.165) is 21.3 Å². The van der Waals surface area contributed by atoms with Crippen LogP contribution in [0.1, 0.15) is 16.6 Å². The zero-order valence-corrected chi connectivity index (χ0v) is 9.92. The van der Waals surface area contributed by atoms with Gasteiger partial charge in [-0.1, -0.05) is 11.6 Å². The van der Waals surface area contributed by atoms with Gasteiger partial charge in [-0.05, 0) is 18.2 Å². The standard InChI is InChI=1S/C10H12ClN3S/c1-14-5-4-7(13-14)6-8(12)9-2-3-10(11)15-9/h2-5,8H,6,12H2,1H3. The van der Waals surface area contributed by atoms with Crippen molar-refractivity contribution in [1.29, 1.82) is 0 Å². The van der Waals surface area contributed by atoms with Gasteiger partial charge in [0, 0.05) is 30.6 Å². The van der Waals surface area contributed by atoms with Gasteiger partial charge in [0.1, 0.15) is 0 Å². The van der Waals surface area contributed by atoms with Gasteiger partial charge in [0.25, 0.3) is 0 Å². The Morgan fingerprint density at radius 2 is 2.33 bits per heavy atom. The van der Waals surface area contributed by atoms with E-state index >= 15 is 0 Å². The Kier molecular flexibility index (Phi) is 3.09. The number of thiophene rings is 1. The van der Waals surface area contributed by atoms with Crippen LogP contribution in [0.15, 0.2) is 24.4 Å². The van der Waals surface area contributed by atoms with Crippen LogP contribution in [0.25, 0.3) is 0 Å². The first kappa shape index (κ1) is 10.7. The summed E-state index contributed by atoms with van der Waals surface area (Å²) in [5.41, 5.74) is 7.06. The molecule has 15 heavy (non-hydrogen) atoms. The highest BCUT2D eigenvalue weighted by Gasteiger charge is 2.10. The molecule has 2 heterocycles. The molecule has 0 spiro atoms. The van der Waals surface area contributed by atoms with E-state index in [0.29, 0.717) is 0 Å². The van der Waals surface area contributed by atoms with Crippen LogP contribution in [0, 0.1) is 0 Å². The third-order valence-corrected chi connectivity index (χ3v) is 3.52. The van der Waals surface area contributed by atoms with E-state index in [1.165, 1.54) is 11.3 Å². The van der Waals surface area contributed by atoms with Gasteiger partial charge in [-0.2, -0.15) is 5.10 Å². The largest absolute Gasteiger partial charge is 0.323 e. The minimum Gasteiger partial charge on any atom is -0.323 e. The second-order valence-corrected chi connectivity index (χ2v) is 5.18. The van der Waals surface area contributed by atoms with Gasteiger partial charge >= 0.3 is 0 Å². The van der Waals surface area contributed by atoms with Crippen LogP contribution in [0.3, 0.4) is 0 Å². The fourth-order valence-corrected chi connectivity index (χ4v) is 2.49. The number of halogens is 1. The number of hydrogen-bond donors (Lipinski definition) is 1. The number of aryl methyl sites for hydroxylation is 1. The van der Waals surface area contributed by atoms with Crippen molar-refractivity contribution in [1.82, 2.24) is 9.78 Å². The van der Waals surface area contributed by atoms with E-state index in [1.54, 1.807) is 4.68 Å². The van der Waals surface area contributed by atoms with Crippen molar-refractivity contribution in [3.8, 4) is 0 Å². The van der Waals surface area contributed by atoms with Crippen LogP contribution < -0.4 is 5.73 Å². The van der Waals surface area contributed by atoms with Gasteiger partial charge < -0.3 is 5.73 Å². The summed E-state index contributed by atoms with van der Waals surface area (Å²) in [5.74, 6) is 0. The Hall–Kier alpha value is -0.840. The van der Waals surface area contributed by atoms with Crippen molar-refractivity contribution in [2.75, 3.05) is 0 Å².